The first-order valence-electron chi connectivity index (χ1n) is 8.47. The van der Waals surface area contributed by atoms with Gasteiger partial charge in [-0.15, -0.1) is 0 Å². The lowest BCUT2D eigenvalue weighted by molar-refractivity contribution is -0.136. The van der Waals surface area contributed by atoms with Gasteiger partial charge in [0.25, 0.3) is 0 Å². The molecule has 0 aromatic carbocycles. The summed E-state index contributed by atoms with van der Waals surface area (Å²) in [5.74, 6) is 0.357. The monoisotopic (exact) mass is 331 g/mol. The number of sulfonamides is 1. The third-order valence-corrected chi connectivity index (χ3v) is 6.75. The smallest absolute Gasteiger partial charge is 0.236 e. The van der Waals surface area contributed by atoms with Gasteiger partial charge in [-0.3, -0.25) is 9.69 Å². The lowest BCUT2D eigenvalue weighted by Crippen LogP contribution is -2.53. The van der Waals surface area contributed by atoms with E-state index in [1.165, 1.54) is 6.42 Å². The molecule has 1 amide bonds. The van der Waals surface area contributed by atoms with Crippen molar-refractivity contribution in [1.82, 2.24) is 14.1 Å². The van der Waals surface area contributed by atoms with Crippen LogP contribution in [0.4, 0.5) is 0 Å². The normalized spacial score (nSPS) is 25.4. The van der Waals surface area contributed by atoms with Crippen LogP contribution in [-0.4, -0.2) is 79.5 Å². The molecule has 7 heteroatoms. The van der Waals surface area contributed by atoms with Gasteiger partial charge in [0.1, 0.15) is 0 Å². The van der Waals surface area contributed by atoms with Crippen molar-refractivity contribution in [1.29, 1.82) is 0 Å². The SMILES string of the molecule is CCC1CCCCN1C(=O)CN1CCN(S(=O)(=O)CC)CC1. The summed E-state index contributed by atoms with van der Waals surface area (Å²) in [5.41, 5.74) is 0. The summed E-state index contributed by atoms with van der Waals surface area (Å²) in [7, 11) is -3.10. The van der Waals surface area contributed by atoms with Gasteiger partial charge in [-0.2, -0.15) is 4.31 Å². The Morgan fingerprint density at radius 2 is 1.73 bits per heavy atom. The van der Waals surface area contributed by atoms with Crippen molar-refractivity contribution in [2.75, 3.05) is 45.0 Å². The first-order chi connectivity index (χ1) is 10.5. The van der Waals surface area contributed by atoms with Gasteiger partial charge in [0.05, 0.1) is 12.3 Å². The van der Waals surface area contributed by atoms with Gasteiger partial charge in [-0.05, 0) is 32.6 Å². The fourth-order valence-electron chi connectivity index (χ4n) is 3.38. The molecule has 0 aromatic heterocycles. The number of nitrogens with zero attached hydrogens (tertiary/aromatic N) is 3. The van der Waals surface area contributed by atoms with Crippen LogP contribution in [0.25, 0.3) is 0 Å². The van der Waals surface area contributed by atoms with Crippen LogP contribution in [-0.2, 0) is 14.8 Å². The number of likely N-dealkylation sites (tertiary alicyclic amines) is 1. The predicted molar refractivity (Wildman–Crippen MR) is 87.1 cm³/mol. The Bertz CT molecular complexity index is 472. The summed E-state index contributed by atoms with van der Waals surface area (Å²) in [6, 6.07) is 0.392. The van der Waals surface area contributed by atoms with E-state index >= 15 is 0 Å². The van der Waals surface area contributed by atoms with Crippen LogP contribution in [0.5, 0.6) is 0 Å². The summed E-state index contributed by atoms with van der Waals surface area (Å²) < 4.78 is 25.2. The molecular weight excluding hydrogens is 302 g/mol. The van der Waals surface area contributed by atoms with Gasteiger partial charge < -0.3 is 4.90 Å². The van der Waals surface area contributed by atoms with E-state index in [2.05, 4.69) is 11.8 Å². The second kappa shape index (κ2) is 7.75. The molecule has 0 aliphatic carbocycles. The summed E-state index contributed by atoms with van der Waals surface area (Å²) >= 11 is 0. The van der Waals surface area contributed by atoms with Crippen molar-refractivity contribution in [3.63, 3.8) is 0 Å². The zero-order chi connectivity index (χ0) is 16.2. The third kappa shape index (κ3) is 4.20. The van der Waals surface area contributed by atoms with Gasteiger partial charge in [0.2, 0.25) is 15.9 Å². The summed E-state index contributed by atoms with van der Waals surface area (Å²) in [5, 5.41) is 0. The number of rotatable bonds is 5. The van der Waals surface area contributed by atoms with Crippen LogP contribution < -0.4 is 0 Å². The third-order valence-electron chi connectivity index (χ3n) is 4.87. The second-order valence-corrected chi connectivity index (χ2v) is 8.48. The highest BCUT2D eigenvalue weighted by molar-refractivity contribution is 7.89. The second-order valence-electron chi connectivity index (χ2n) is 6.22. The molecule has 22 heavy (non-hydrogen) atoms. The van der Waals surface area contributed by atoms with E-state index in [0.29, 0.717) is 38.8 Å². The highest BCUT2D eigenvalue weighted by Crippen LogP contribution is 2.20. The first-order valence-corrected chi connectivity index (χ1v) is 10.1. The lowest BCUT2D eigenvalue weighted by atomic mass is 10.00. The molecule has 1 unspecified atom stereocenters. The van der Waals surface area contributed by atoms with Crippen LogP contribution in [0.2, 0.25) is 0 Å². The Balaban J connectivity index is 1.84. The molecule has 0 N–H and O–H groups in total. The zero-order valence-corrected chi connectivity index (χ0v) is 14.6. The summed E-state index contributed by atoms with van der Waals surface area (Å²) in [6.07, 6.45) is 4.46. The average molecular weight is 331 g/mol. The molecule has 0 bridgehead atoms. The maximum absolute atomic E-state index is 12.5. The Morgan fingerprint density at radius 1 is 1.05 bits per heavy atom. The number of hydrogen-bond acceptors (Lipinski definition) is 4. The number of amides is 1. The maximum atomic E-state index is 12.5. The van der Waals surface area contributed by atoms with Crippen LogP contribution in [0, 0.1) is 0 Å². The molecule has 128 valence electrons. The van der Waals surface area contributed by atoms with Crippen molar-refractivity contribution in [3.8, 4) is 0 Å². The molecule has 2 rings (SSSR count). The van der Waals surface area contributed by atoms with E-state index in [0.717, 1.165) is 25.8 Å². The fraction of sp³-hybridized carbons (Fsp3) is 0.933. The number of carbonyl (C=O) groups is 1. The van der Waals surface area contributed by atoms with E-state index in [4.69, 9.17) is 0 Å². The molecule has 2 saturated heterocycles. The molecule has 2 aliphatic heterocycles. The standard InChI is InChI=1S/C15H29N3O3S/c1-3-14-7-5-6-8-18(14)15(19)13-16-9-11-17(12-10-16)22(20,21)4-2/h14H,3-13H2,1-2H3. The molecule has 0 saturated carbocycles. The maximum Gasteiger partial charge on any atom is 0.236 e. The molecule has 0 spiro atoms. The molecule has 2 aliphatic rings. The van der Waals surface area contributed by atoms with Gasteiger partial charge >= 0.3 is 0 Å². The van der Waals surface area contributed by atoms with Crippen molar-refractivity contribution < 1.29 is 13.2 Å². The topological polar surface area (TPSA) is 60.9 Å². The first kappa shape index (κ1) is 17.7. The molecule has 6 nitrogen and oxygen atoms in total. The van der Waals surface area contributed by atoms with Gasteiger partial charge in [0, 0.05) is 38.8 Å². The van der Waals surface area contributed by atoms with E-state index in [1.54, 1.807) is 11.2 Å². The molecule has 0 aromatic rings. The van der Waals surface area contributed by atoms with Crippen molar-refractivity contribution in [2.45, 2.75) is 45.6 Å². The van der Waals surface area contributed by atoms with Crippen molar-refractivity contribution in [2.24, 2.45) is 0 Å². The van der Waals surface area contributed by atoms with Crippen LogP contribution >= 0.6 is 0 Å². The molecule has 1 atom stereocenters. The minimum Gasteiger partial charge on any atom is -0.339 e. The molecule has 0 radical (unpaired) electrons. The van der Waals surface area contributed by atoms with Gasteiger partial charge in [-0.25, -0.2) is 8.42 Å². The van der Waals surface area contributed by atoms with E-state index < -0.39 is 10.0 Å². The number of piperidine rings is 1. The van der Waals surface area contributed by atoms with E-state index in [1.807, 2.05) is 4.90 Å². The highest BCUT2D eigenvalue weighted by Gasteiger charge is 2.29. The predicted octanol–water partition coefficient (Wildman–Crippen LogP) is 0.745. The van der Waals surface area contributed by atoms with Crippen molar-refractivity contribution >= 4 is 15.9 Å². The van der Waals surface area contributed by atoms with E-state index in [9.17, 15) is 13.2 Å². The van der Waals surface area contributed by atoms with Crippen LogP contribution in [0.3, 0.4) is 0 Å². The van der Waals surface area contributed by atoms with Crippen LogP contribution in [0.15, 0.2) is 0 Å². The number of hydrogen-bond donors (Lipinski definition) is 0. The van der Waals surface area contributed by atoms with Crippen molar-refractivity contribution in [3.05, 3.63) is 0 Å². The zero-order valence-electron chi connectivity index (χ0n) is 13.8. The Kier molecular flexibility index (Phi) is 6.23. The largest absolute Gasteiger partial charge is 0.339 e. The quantitative estimate of drug-likeness (QED) is 0.746. The van der Waals surface area contributed by atoms with Gasteiger partial charge in [0.15, 0.2) is 0 Å². The van der Waals surface area contributed by atoms with E-state index in [-0.39, 0.29) is 11.7 Å². The number of piperazine rings is 1. The molecular formula is C15H29N3O3S. The minimum atomic E-state index is -3.10. The summed E-state index contributed by atoms with van der Waals surface area (Å²) in [4.78, 5) is 16.7. The van der Waals surface area contributed by atoms with Gasteiger partial charge in [-0.1, -0.05) is 6.92 Å². The number of carbonyl (C=O) groups excluding carboxylic acids is 1. The molecule has 2 heterocycles. The Morgan fingerprint density at radius 3 is 2.32 bits per heavy atom. The average Bonchev–Trinajstić information content (AvgIpc) is 2.55. The lowest BCUT2D eigenvalue weighted by Gasteiger charge is -2.38. The highest BCUT2D eigenvalue weighted by atomic mass is 32.2. The summed E-state index contributed by atoms with van der Waals surface area (Å²) in [6.45, 7) is 7.42. The minimum absolute atomic E-state index is 0.151. The van der Waals surface area contributed by atoms with Crippen LogP contribution in [0.1, 0.15) is 39.5 Å². The Hall–Kier alpha value is -0.660. The fourth-order valence-corrected chi connectivity index (χ4v) is 4.47. The molecule has 2 fully saturated rings. The Labute approximate surface area is 134 Å².